The van der Waals surface area contributed by atoms with E-state index in [4.69, 9.17) is 26.0 Å². The lowest BCUT2D eigenvalue weighted by Gasteiger charge is -2.16. The SMILES string of the molecule is CCOP(=O)(OCC)c1cc2c[c]c(Cl)cc2n([N+]#N)c1=O.F[B-](F)(F)F. The maximum absolute atomic E-state index is 12.8. The standard InChI is InChI=1S/C13H13ClN3O4P.BF4/c1-3-20-22(19,21-4-2)12-7-9-5-6-10(14)8-11(9)17(16-15)13(12)18;2-1(3,4)5/h5,7-8H,3-4H2,1-2H3;/q+1;-1. The van der Waals surface area contributed by atoms with E-state index in [1.807, 2.05) is 0 Å². The third-order valence-electron chi connectivity index (χ3n) is 2.84. The van der Waals surface area contributed by atoms with Crippen LogP contribution in [0.2, 0.25) is 5.02 Å². The smallest absolute Gasteiger partial charge is 0.418 e. The second-order valence-corrected chi connectivity index (χ2v) is 7.09. The number of hydrogen-bond acceptors (Lipinski definition) is 5. The molecule has 0 unspecified atom stereocenters. The molecular formula is C13H13BClF4N3O4P. The van der Waals surface area contributed by atoms with Gasteiger partial charge in [0.1, 0.15) is 10.8 Å². The molecule has 0 fully saturated rings. The number of pyridine rings is 1. The van der Waals surface area contributed by atoms with Crippen molar-refractivity contribution >= 4 is 42.7 Å². The van der Waals surface area contributed by atoms with Gasteiger partial charge in [0.05, 0.1) is 22.9 Å². The van der Waals surface area contributed by atoms with Crippen LogP contribution in [0.5, 0.6) is 0 Å². The molecule has 0 aliphatic rings. The van der Waals surface area contributed by atoms with E-state index in [0.29, 0.717) is 10.1 Å². The van der Waals surface area contributed by atoms with E-state index in [1.54, 1.807) is 13.8 Å². The van der Waals surface area contributed by atoms with Gasteiger partial charge in [-0.2, -0.15) is 0 Å². The topological polar surface area (TPSA) is 85.7 Å². The predicted octanol–water partition coefficient (Wildman–Crippen LogP) is 4.26. The van der Waals surface area contributed by atoms with E-state index in [0.717, 1.165) is 0 Å². The van der Waals surface area contributed by atoms with Crippen LogP contribution in [-0.4, -0.2) is 25.1 Å². The zero-order valence-electron chi connectivity index (χ0n) is 14.0. The maximum Gasteiger partial charge on any atom is 0.673 e. The van der Waals surface area contributed by atoms with Gasteiger partial charge in [0.2, 0.25) is 0 Å². The first kappa shape index (κ1) is 23.1. The molecule has 0 aliphatic carbocycles. The molecule has 0 bridgehead atoms. The number of halogens is 5. The van der Waals surface area contributed by atoms with E-state index in [-0.39, 0.29) is 29.1 Å². The Morgan fingerprint density at radius 2 is 1.78 bits per heavy atom. The molecule has 1 aromatic heterocycles. The third kappa shape index (κ3) is 6.32. The van der Waals surface area contributed by atoms with Gasteiger partial charge in [0.25, 0.3) is 5.39 Å². The van der Waals surface area contributed by atoms with Crippen molar-refractivity contribution in [3.8, 4) is 0 Å². The Kier molecular flexibility index (Phi) is 7.98. The molecule has 147 valence electrons. The summed E-state index contributed by atoms with van der Waals surface area (Å²) in [6.07, 6.45) is 0. The lowest BCUT2D eigenvalue weighted by atomic mass is 10.2. The zero-order chi connectivity index (χ0) is 20.8. The molecule has 7 nitrogen and oxygen atoms in total. The fourth-order valence-corrected chi connectivity index (χ4v) is 3.81. The van der Waals surface area contributed by atoms with Gasteiger partial charge in [-0.05, 0) is 32.0 Å². The van der Waals surface area contributed by atoms with Crippen LogP contribution in [0.25, 0.3) is 16.0 Å². The average Bonchev–Trinajstić information content (AvgIpc) is 2.53. The number of diazo groups is 1. The van der Waals surface area contributed by atoms with Crippen LogP contribution >= 0.6 is 19.2 Å². The fraction of sp³-hybridized carbons (Fsp3) is 0.308. The molecule has 0 saturated heterocycles. The molecule has 2 rings (SSSR count). The van der Waals surface area contributed by atoms with Crippen molar-refractivity contribution in [2.24, 2.45) is 0 Å². The van der Waals surface area contributed by atoms with Crippen LogP contribution in [0.15, 0.2) is 23.0 Å². The second-order valence-electron chi connectivity index (χ2n) is 4.69. The number of nitrogens with zero attached hydrogens (tertiary/aromatic N) is 3. The zero-order valence-corrected chi connectivity index (χ0v) is 15.7. The van der Waals surface area contributed by atoms with Gasteiger partial charge in [0.15, 0.2) is 0 Å². The van der Waals surface area contributed by atoms with Gasteiger partial charge in [-0.15, -0.1) is 0 Å². The molecular weight excluding hydrogens is 415 g/mol. The summed E-state index contributed by atoms with van der Waals surface area (Å²) in [7, 11) is -9.82. The summed E-state index contributed by atoms with van der Waals surface area (Å²) in [5.41, 5.74) is -0.554. The Morgan fingerprint density at radius 3 is 2.22 bits per heavy atom. The van der Waals surface area contributed by atoms with Gasteiger partial charge < -0.3 is 26.3 Å². The molecule has 14 heteroatoms. The lowest BCUT2D eigenvalue weighted by Crippen LogP contribution is -2.33. The molecule has 0 N–H and O–H groups in total. The molecule has 0 atom stereocenters. The van der Waals surface area contributed by atoms with Crippen molar-refractivity contribution < 1.29 is 30.9 Å². The Bertz CT molecular complexity index is 947. The van der Waals surface area contributed by atoms with Gasteiger partial charge in [-0.3, -0.25) is 9.36 Å². The second kappa shape index (κ2) is 9.33. The first-order chi connectivity index (χ1) is 12.5. The van der Waals surface area contributed by atoms with Crippen molar-refractivity contribution in [2.75, 3.05) is 13.2 Å². The highest BCUT2D eigenvalue weighted by Gasteiger charge is 2.34. The highest BCUT2D eigenvalue weighted by atomic mass is 35.5. The summed E-state index contributed by atoms with van der Waals surface area (Å²) >= 11 is 5.83. The van der Waals surface area contributed by atoms with E-state index in [2.05, 4.69) is 11.2 Å². The first-order valence-electron chi connectivity index (χ1n) is 7.36. The fourth-order valence-electron chi connectivity index (χ4n) is 1.99. The number of fused-ring (bicyclic) bond motifs is 1. The van der Waals surface area contributed by atoms with Crippen molar-refractivity contribution in [1.82, 2.24) is 4.68 Å². The molecule has 0 amide bonds. The predicted molar refractivity (Wildman–Crippen MR) is 93.2 cm³/mol. The third-order valence-corrected chi connectivity index (χ3v) is 5.16. The summed E-state index contributed by atoms with van der Waals surface area (Å²) in [5.74, 6) is 0. The van der Waals surface area contributed by atoms with Crippen LogP contribution in [0.1, 0.15) is 13.8 Å². The van der Waals surface area contributed by atoms with E-state index in [9.17, 15) is 26.6 Å². The lowest BCUT2D eigenvalue weighted by molar-refractivity contribution is 0.229. The Hall–Kier alpha value is -1.93. The minimum absolute atomic E-state index is 0.0950. The van der Waals surface area contributed by atoms with Crippen molar-refractivity contribution in [1.29, 1.82) is 5.39 Å². The molecule has 1 heterocycles. The molecule has 1 radical (unpaired) electrons. The Labute approximate surface area is 156 Å². The van der Waals surface area contributed by atoms with Crippen molar-refractivity contribution in [3.63, 3.8) is 0 Å². The van der Waals surface area contributed by atoms with Crippen LogP contribution in [0, 0.1) is 11.5 Å². The van der Waals surface area contributed by atoms with Crippen LogP contribution in [0.3, 0.4) is 0 Å². The molecule has 1 aromatic carbocycles. The minimum atomic E-state index is -6.00. The summed E-state index contributed by atoms with van der Waals surface area (Å²) < 4.78 is 62.8. The number of aromatic nitrogens is 1. The van der Waals surface area contributed by atoms with Crippen LogP contribution < -0.4 is 10.9 Å². The molecule has 0 aliphatic heterocycles. The Morgan fingerprint density at radius 1 is 1.26 bits per heavy atom. The first-order valence-corrected chi connectivity index (χ1v) is 9.28. The van der Waals surface area contributed by atoms with Gasteiger partial charge >= 0.3 is 25.5 Å². The number of hydrogen-bond donors (Lipinski definition) is 0. The molecule has 27 heavy (non-hydrogen) atoms. The summed E-state index contributed by atoms with van der Waals surface area (Å²) in [5, 5.41) is 12.5. The highest BCUT2D eigenvalue weighted by molar-refractivity contribution is 7.62. The molecule has 0 saturated carbocycles. The highest BCUT2D eigenvalue weighted by Crippen LogP contribution is 2.46. The molecule has 0 spiro atoms. The average molecular weight is 428 g/mol. The van der Waals surface area contributed by atoms with Crippen LogP contribution in [0.4, 0.5) is 17.3 Å². The minimum Gasteiger partial charge on any atom is -0.418 e. The van der Waals surface area contributed by atoms with Crippen molar-refractivity contribution in [3.05, 3.63) is 44.7 Å². The largest absolute Gasteiger partial charge is 0.673 e. The van der Waals surface area contributed by atoms with Crippen molar-refractivity contribution in [2.45, 2.75) is 13.8 Å². The number of benzene rings is 1. The van der Waals surface area contributed by atoms with Gasteiger partial charge in [-0.1, -0.05) is 11.6 Å². The normalized spacial score (nSPS) is 11.6. The number of rotatable bonds is 5. The maximum atomic E-state index is 12.8. The quantitative estimate of drug-likeness (QED) is 0.307. The van der Waals surface area contributed by atoms with E-state index >= 15 is 0 Å². The summed E-state index contributed by atoms with van der Waals surface area (Å²) in [6.45, 7) is 3.46. The monoisotopic (exact) mass is 428 g/mol. The summed E-state index contributed by atoms with van der Waals surface area (Å²) in [4.78, 5) is 12.4. The summed E-state index contributed by atoms with van der Waals surface area (Å²) in [6, 6.07) is 7.02. The van der Waals surface area contributed by atoms with E-state index in [1.165, 1.54) is 18.2 Å². The van der Waals surface area contributed by atoms with Crippen LogP contribution in [-0.2, 0) is 13.6 Å². The molecule has 2 aromatic rings. The van der Waals surface area contributed by atoms with Gasteiger partial charge in [-0.25, -0.2) is 0 Å². The van der Waals surface area contributed by atoms with Gasteiger partial charge in [0, 0.05) is 11.5 Å². The Balaban J connectivity index is 0.000000646. The van der Waals surface area contributed by atoms with E-state index < -0.39 is 20.4 Å².